The van der Waals surface area contributed by atoms with Crippen molar-refractivity contribution in [1.29, 1.82) is 0 Å². The van der Waals surface area contributed by atoms with Crippen molar-refractivity contribution in [2.24, 2.45) is 0 Å². The van der Waals surface area contributed by atoms with Crippen LogP contribution in [0.25, 0.3) is 0 Å². The number of hydrogen-bond acceptors (Lipinski definition) is 6. The highest BCUT2D eigenvalue weighted by Crippen LogP contribution is 2.42. The van der Waals surface area contributed by atoms with Crippen LogP contribution in [0.2, 0.25) is 0 Å². The first-order valence-corrected chi connectivity index (χ1v) is 11.2. The van der Waals surface area contributed by atoms with Crippen molar-refractivity contribution in [3.05, 3.63) is 22.3 Å². The maximum atomic E-state index is 14.0. The Morgan fingerprint density at radius 3 is 1.81 bits per heavy atom. The van der Waals surface area contributed by atoms with Crippen LogP contribution < -0.4 is 10.2 Å². The third-order valence-electron chi connectivity index (χ3n) is 4.88. The van der Waals surface area contributed by atoms with Crippen molar-refractivity contribution in [2.45, 2.75) is 50.3 Å². The number of esters is 1. The van der Waals surface area contributed by atoms with Crippen molar-refractivity contribution >= 4 is 62.8 Å². The lowest BCUT2D eigenvalue weighted by atomic mass is 9.78. The van der Waals surface area contributed by atoms with Gasteiger partial charge in [0.15, 0.2) is 0 Å². The summed E-state index contributed by atoms with van der Waals surface area (Å²) < 4.78 is 103. The summed E-state index contributed by atoms with van der Waals surface area (Å²) in [6, 6.07) is 0. The number of rotatable bonds is 9. The second-order valence-corrected chi connectivity index (χ2v) is 8.76. The van der Waals surface area contributed by atoms with Crippen LogP contribution in [0.1, 0.15) is 40.9 Å². The third kappa shape index (κ3) is 6.20. The van der Waals surface area contributed by atoms with Gasteiger partial charge in [0.05, 0.1) is 34.8 Å². The van der Waals surface area contributed by atoms with E-state index in [9.17, 15) is 44.8 Å². The van der Waals surface area contributed by atoms with E-state index in [4.69, 9.17) is 28.1 Å². The van der Waals surface area contributed by atoms with Crippen LogP contribution in [-0.2, 0) is 43.4 Å². The molecule has 6 radical (unpaired) electrons. The van der Waals surface area contributed by atoms with Crippen LogP contribution in [0.5, 0.6) is 0 Å². The summed E-state index contributed by atoms with van der Waals surface area (Å²) in [6.07, 6.45) is -12.7. The number of ether oxygens (including phenoxy) is 1. The normalized spacial score (nSPS) is 13.1. The Hall–Kier alpha value is -2.62. The molecule has 0 aliphatic rings. The molecule has 9 nitrogen and oxygen atoms in total. The quantitative estimate of drug-likeness (QED) is 0.211. The van der Waals surface area contributed by atoms with E-state index in [0.717, 1.165) is 25.8 Å². The van der Waals surface area contributed by atoms with Crippen molar-refractivity contribution in [1.82, 2.24) is 0 Å². The lowest BCUT2D eigenvalue weighted by Gasteiger charge is -2.31. The number of hydrogen-bond donors (Lipinski definition) is 2. The first-order chi connectivity index (χ1) is 16.3. The van der Waals surface area contributed by atoms with Crippen LogP contribution >= 0.6 is 0 Å². The number of carbonyl (C=O) groups is 3. The largest absolute Gasteiger partial charge is 0.441 e. The first kappa shape index (κ1) is 31.4. The molecule has 1 rings (SSSR count). The van der Waals surface area contributed by atoms with Crippen LogP contribution in [0.15, 0.2) is 0 Å². The van der Waals surface area contributed by atoms with Gasteiger partial charge < -0.3 is 15.0 Å². The van der Waals surface area contributed by atoms with Gasteiger partial charge >= 0.3 is 27.5 Å². The van der Waals surface area contributed by atoms with Gasteiger partial charge in [0, 0.05) is 26.6 Å². The summed E-state index contributed by atoms with van der Waals surface area (Å²) in [4.78, 5) is 37.7. The summed E-state index contributed by atoms with van der Waals surface area (Å²) in [5.41, 5.74) is -2.45. The number of nitrogens with one attached hydrogen (secondary N) is 1. The maximum absolute atomic E-state index is 14.0. The van der Waals surface area contributed by atoms with Crippen LogP contribution in [-0.4, -0.2) is 78.9 Å². The highest BCUT2D eigenvalue weighted by molar-refractivity contribution is 7.86. The molecule has 36 heavy (non-hydrogen) atoms. The molecule has 192 valence electrons. The Bertz CT molecular complexity index is 1160. The van der Waals surface area contributed by atoms with Crippen molar-refractivity contribution in [3.8, 4) is 0 Å². The molecule has 0 spiro atoms. The lowest BCUT2D eigenvalue weighted by Crippen LogP contribution is -2.52. The average Bonchev–Trinajstić information content (AvgIpc) is 2.73. The molecule has 1 atom stereocenters. The summed E-state index contributed by atoms with van der Waals surface area (Å²) in [5, 5.41) is -3.74. The van der Waals surface area contributed by atoms with Crippen LogP contribution in [0.4, 0.5) is 33.3 Å². The number of alkyl halides is 5. The highest BCUT2D eigenvalue weighted by atomic mass is 32.2. The van der Waals surface area contributed by atoms with E-state index < -0.39 is 81.1 Å². The Balaban J connectivity index is 4.12. The zero-order chi connectivity index (χ0) is 28.4. The monoisotopic (exact) mass is 534 g/mol. The Morgan fingerprint density at radius 2 is 1.47 bits per heavy atom. The van der Waals surface area contributed by atoms with E-state index >= 15 is 0 Å². The van der Waals surface area contributed by atoms with Gasteiger partial charge in [-0.2, -0.15) is 30.4 Å². The smallest absolute Gasteiger partial charge is 0.432 e. The number of amides is 2. The van der Waals surface area contributed by atoms with Gasteiger partial charge in [0.2, 0.25) is 11.8 Å². The van der Waals surface area contributed by atoms with Gasteiger partial charge in [0.1, 0.15) is 0 Å². The lowest BCUT2D eigenvalue weighted by molar-refractivity contribution is -0.248. The third-order valence-corrected chi connectivity index (χ3v) is 5.78. The minimum Gasteiger partial charge on any atom is -0.441 e. The fraction of sp³-hybridized carbons (Fsp3) is 0.500. The fourth-order valence-electron chi connectivity index (χ4n) is 3.27. The summed E-state index contributed by atoms with van der Waals surface area (Å²) in [7, 11) is 11.5. The van der Waals surface area contributed by atoms with Gasteiger partial charge in [-0.1, -0.05) is 19.0 Å². The Morgan fingerprint density at radius 1 is 1.00 bits per heavy atom. The van der Waals surface area contributed by atoms with Crippen LogP contribution in [0.3, 0.4) is 0 Å². The molecule has 1 unspecified atom stereocenters. The highest BCUT2D eigenvalue weighted by Gasteiger charge is 2.66. The summed E-state index contributed by atoms with van der Waals surface area (Å²) in [5.74, 6) is -3.66. The van der Waals surface area contributed by atoms with Gasteiger partial charge in [-0.05, 0) is 16.7 Å². The summed E-state index contributed by atoms with van der Waals surface area (Å²) >= 11 is 0. The van der Waals surface area contributed by atoms with Gasteiger partial charge in [-0.25, -0.2) is 4.79 Å². The van der Waals surface area contributed by atoms with E-state index in [1.165, 1.54) is 0 Å². The van der Waals surface area contributed by atoms with Crippen molar-refractivity contribution in [3.63, 3.8) is 0 Å². The molecule has 0 aromatic heterocycles. The first-order valence-electron chi connectivity index (χ1n) is 9.72. The van der Waals surface area contributed by atoms with Gasteiger partial charge in [-0.3, -0.25) is 14.1 Å². The van der Waals surface area contributed by atoms with Gasteiger partial charge in [0.25, 0.3) is 6.10 Å². The van der Waals surface area contributed by atoms with E-state index in [-0.39, 0.29) is 16.9 Å². The molecule has 0 aliphatic heterocycles. The Labute approximate surface area is 207 Å². The van der Waals surface area contributed by atoms with E-state index in [1.54, 1.807) is 0 Å². The van der Waals surface area contributed by atoms with E-state index in [1.807, 2.05) is 0 Å². The SMILES string of the molecule is [B]Cc1c(NC(C)=O)c(C[B])c(N(C)C(C)=O)c(C[B])c1C(=O)OC(C(F)(F)F)C(F)(F)S(=O)(=O)O. The van der Waals surface area contributed by atoms with E-state index in [0.29, 0.717) is 0 Å². The molecular weight excluding hydrogens is 516 g/mol. The molecule has 2 amide bonds. The molecule has 18 heteroatoms. The predicted octanol–water partition coefficient (Wildman–Crippen LogP) is 1.20. The zero-order valence-electron chi connectivity index (χ0n) is 19.1. The number of nitrogens with zero attached hydrogens (tertiary/aromatic N) is 1. The molecule has 1 aromatic rings. The number of carbonyl (C=O) groups excluding carboxylic acids is 3. The molecule has 1 aromatic carbocycles. The van der Waals surface area contributed by atoms with Crippen LogP contribution in [0, 0.1) is 0 Å². The molecule has 0 heterocycles. The molecule has 0 bridgehead atoms. The number of benzene rings is 1. The topological polar surface area (TPSA) is 130 Å². The average molecular weight is 534 g/mol. The summed E-state index contributed by atoms with van der Waals surface area (Å²) in [6.45, 7) is 2.07. The maximum Gasteiger partial charge on any atom is 0.432 e. The van der Waals surface area contributed by atoms with Gasteiger partial charge in [-0.15, -0.1) is 0 Å². The molecular formula is C18H18B3F5N2O7S. The van der Waals surface area contributed by atoms with Crippen molar-refractivity contribution in [2.75, 3.05) is 17.3 Å². The molecule has 0 aliphatic carbocycles. The molecule has 0 saturated heterocycles. The number of halogens is 5. The minimum absolute atomic E-state index is 0.0315. The number of anilines is 2. The molecule has 0 fully saturated rings. The Kier molecular flexibility index (Phi) is 9.77. The minimum atomic E-state index is -6.72. The second-order valence-electron chi connectivity index (χ2n) is 7.27. The predicted molar refractivity (Wildman–Crippen MR) is 120 cm³/mol. The fourth-order valence-corrected chi connectivity index (χ4v) is 3.72. The van der Waals surface area contributed by atoms with E-state index in [2.05, 4.69) is 10.1 Å². The second kappa shape index (κ2) is 11.2. The molecule has 0 saturated carbocycles. The standard InChI is InChI=1S/C18H18B3F5N2O7S/c1-7(29)27-13-9(4-19)12(10(5-20)14(11(13)6-21)28(3)8(2)30)15(31)35-16(17(22,23)24)18(25,26)36(32,33)34/h16H,4-6H2,1-3H3,(H,27,29)(H,32,33,34). The zero-order valence-corrected chi connectivity index (χ0v) is 19.9. The van der Waals surface area contributed by atoms with Crippen molar-refractivity contribution < 1.29 is 54.0 Å². The molecule has 2 N–H and O–H groups in total.